The van der Waals surface area contributed by atoms with Crippen LogP contribution in [0.1, 0.15) is 24.4 Å². The van der Waals surface area contributed by atoms with Gasteiger partial charge in [-0.05, 0) is 37.3 Å². The summed E-state index contributed by atoms with van der Waals surface area (Å²) in [6.07, 6.45) is -4.45. The standard InChI is InChI=1S/C23H23F4N5O2/c1-15(22-29-21(30-34-22)16-4-2-5-17(12-16)23(25,26)27)32-10-8-31(9-11-32)14-20(33)28-19-7-3-6-18(24)13-19/h2-7,12-13,15H,8-11,14H2,1H3,(H,28,33). The predicted molar refractivity (Wildman–Crippen MR) is 116 cm³/mol. The Hall–Kier alpha value is -3.31. The van der Waals surface area contributed by atoms with Crippen molar-refractivity contribution in [1.29, 1.82) is 0 Å². The molecule has 4 rings (SSSR count). The number of carbonyl (C=O) groups is 1. The van der Waals surface area contributed by atoms with Crippen LogP contribution in [0, 0.1) is 5.82 Å². The van der Waals surface area contributed by atoms with E-state index in [9.17, 15) is 22.4 Å². The zero-order valence-electron chi connectivity index (χ0n) is 18.3. The lowest BCUT2D eigenvalue weighted by molar-refractivity contribution is -0.137. The van der Waals surface area contributed by atoms with Crippen LogP contribution < -0.4 is 5.32 Å². The Kier molecular flexibility index (Phi) is 6.94. The fourth-order valence-electron chi connectivity index (χ4n) is 3.79. The fourth-order valence-corrected chi connectivity index (χ4v) is 3.79. The predicted octanol–water partition coefficient (Wildman–Crippen LogP) is 4.21. The maximum atomic E-state index is 13.3. The molecule has 34 heavy (non-hydrogen) atoms. The third kappa shape index (κ3) is 5.78. The molecular weight excluding hydrogens is 454 g/mol. The smallest absolute Gasteiger partial charge is 0.337 e. The third-order valence-electron chi connectivity index (χ3n) is 5.68. The maximum absolute atomic E-state index is 13.3. The number of hydrogen-bond acceptors (Lipinski definition) is 6. The molecule has 1 aliphatic heterocycles. The summed E-state index contributed by atoms with van der Waals surface area (Å²) in [5.74, 6) is -0.238. The lowest BCUT2D eigenvalue weighted by Gasteiger charge is -2.36. The molecule has 1 aliphatic rings. The average Bonchev–Trinajstić information content (AvgIpc) is 3.29. The molecule has 1 amide bonds. The van der Waals surface area contributed by atoms with E-state index in [0.29, 0.717) is 37.8 Å². The van der Waals surface area contributed by atoms with Gasteiger partial charge in [-0.1, -0.05) is 23.4 Å². The number of nitrogens with one attached hydrogen (secondary N) is 1. The van der Waals surface area contributed by atoms with E-state index in [-0.39, 0.29) is 29.9 Å². The number of amides is 1. The molecule has 1 atom stereocenters. The van der Waals surface area contributed by atoms with Gasteiger partial charge in [0.15, 0.2) is 0 Å². The number of aromatic nitrogens is 2. The fraction of sp³-hybridized carbons (Fsp3) is 0.348. The molecule has 11 heteroatoms. The Morgan fingerprint density at radius 3 is 2.56 bits per heavy atom. The second-order valence-corrected chi connectivity index (χ2v) is 8.08. The van der Waals surface area contributed by atoms with Crippen LogP contribution in [0.3, 0.4) is 0 Å². The van der Waals surface area contributed by atoms with Crippen molar-refractivity contribution in [3.8, 4) is 11.4 Å². The highest BCUT2D eigenvalue weighted by molar-refractivity contribution is 5.92. The number of alkyl halides is 3. The molecule has 0 aliphatic carbocycles. The molecule has 0 bridgehead atoms. The zero-order chi connectivity index (χ0) is 24.3. The molecule has 0 spiro atoms. The summed E-state index contributed by atoms with van der Waals surface area (Å²) in [6.45, 7) is 4.57. The number of piperazine rings is 1. The molecule has 3 aromatic rings. The number of anilines is 1. The summed E-state index contributed by atoms with van der Waals surface area (Å²) in [6, 6.07) is 10.3. The van der Waals surface area contributed by atoms with E-state index in [4.69, 9.17) is 4.52 Å². The van der Waals surface area contributed by atoms with Crippen LogP contribution >= 0.6 is 0 Å². The summed E-state index contributed by atoms with van der Waals surface area (Å²) in [5, 5.41) is 6.54. The Bertz CT molecular complexity index is 1140. The van der Waals surface area contributed by atoms with Crippen molar-refractivity contribution < 1.29 is 26.9 Å². The van der Waals surface area contributed by atoms with E-state index in [2.05, 4.69) is 20.4 Å². The van der Waals surface area contributed by atoms with Gasteiger partial charge < -0.3 is 9.84 Å². The average molecular weight is 477 g/mol. The second-order valence-electron chi connectivity index (χ2n) is 8.08. The molecule has 0 saturated carbocycles. The number of carbonyl (C=O) groups excluding carboxylic acids is 1. The van der Waals surface area contributed by atoms with Crippen molar-refractivity contribution in [1.82, 2.24) is 19.9 Å². The maximum Gasteiger partial charge on any atom is 0.416 e. The first-order chi connectivity index (χ1) is 16.2. The van der Waals surface area contributed by atoms with E-state index < -0.39 is 17.6 Å². The van der Waals surface area contributed by atoms with Crippen LogP contribution in [0.2, 0.25) is 0 Å². The van der Waals surface area contributed by atoms with E-state index in [1.807, 2.05) is 11.8 Å². The highest BCUT2D eigenvalue weighted by Crippen LogP contribution is 2.32. The van der Waals surface area contributed by atoms with Crippen LogP contribution in [0.25, 0.3) is 11.4 Å². The normalized spacial score (nSPS) is 16.4. The van der Waals surface area contributed by atoms with Gasteiger partial charge in [0.2, 0.25) is 17.6 Å². The SMILES string of the molecule is CC(c1nc(-c2cccc(C(F)(F)F)c2)no1)N1CCN(CC(=O)Nc2cccc(F)c2)CC1. The van der Waals surface area contributed by atoms with Crippen molar-refractivity contribution in [3.05, 3.63) is 65.8 Å². The van der Waals surface area contributed by atoms with Crippen molar-refractivity contribution in [2.24, 2.45) is 0 Å². The summed E-state index contributed by atoms with van der Waals surface area (Å²) >= 11 is 0. The first-order valence-electron chi connectivity index (χ1n) is 10.7. The second kappa shape index (κ2) is 9.90. The number of rotatable bonds is 6. The lowest BCUT2D eigenvalue weighted by atomic mass is 10.1. The molecule has 2 heterocycles. The first-order valence-corrected chi connectivity index (χ1v) is 10.7. The Morgan fingerprint density at radius 1 is 1.12 bits per heavy atom. The minimum Gasteiger partial charge on any atom is -0.337 e. The largest absolute Gasteiger partial charge is 0.416 e. The molecule has 180 valence electrons. The number of halogens is 4. The van der Waals surface area contributed by atoms with E-state index in [0.717, 1.165) is 12.1 Å². The first kappa shape index (κ1) is 23.8. The van der Waals surface area contributed by atoms with Crippen LogP contribution in [-0.4, -0.2) is 58.6 Å². The molecule has 2 aromatic carbocycles. The van der Waals surface area contributed by atoms with Gasteiger partial charge in [0.25, 0.3) is 0 Å². The summed E-state index contributed by atoms with van der Waals surface area (Å²) in [4.78, 5) is 20.7. The molecule has 7 nitrogen and oxygen atoms in total. The van der Waals surface area contributed by atoms with Gasteiger partial charge in [0.1, 0.15) is 5.82 Å². The Labute approximate surface area is 193 Å². The van der Waals surface area contributed by atoms with E-state index >= 15 is 0 Å². The topological polar surface area (TPSA) is 74.5 Å². The van der Waals surface area contributed by atoms with Gasteiger partial charge >= 0.3 is 6.18 Å². The van der Waals surface area contributed by atoms with E-state index in [1.54, 1.807) is 6.07 Å². The molecule has 1 unspecified atom stereocenters. The van der Waals surface area contributed by atoms with Gasteiger partial charge in [-0.15, -0.1) is 0 Å². The minimum atomic E-state index is -4.45. The lowest BCUT2D eigenvalue weighted by Crippen LogP contribution is -2.49. The third-order valence-corrected chi connectivity index (χ3v) is 5.68. The van der Waals surface area contributed by atoms with Crippen molar-refractivity contribution in [2.45, 2.75) is 19.1 Å². The summed E-state index contributed by atoms with van der Waals surface area (Å²) in [5.41, 5.74) is -0.140. The van der Waals surface area contributed by atoms with Gasteiger partial charge in [0, 0.05) is 37.4 Å². The van der Waals surface area contributed by atoms with Crippen molar-refractivity contribution >= 4 is 11.6 Å². The number of benzene rings is 2. The van der Waals surface area contributed by atoms with Crippen LogP contribution in [-0.2, 0) is 11.0 Å². The molecular formula is C23H23F4N5O2. The number of hydrogen-bond donors (Lipinski definition) is 1. The van der Waals surface area contributed by atoms with Gasteiger partial charge in [0.05, 0.1) is 18.2 Å². The van der Waals surface area contributed by atoms with Gasteiger partial charge in [-0.2, -0.15) is 18.2 Å². The van der Waals surface area contributed by atoms with Crippen molar-refractivity contribution in [3.63, 3.8) is 0 Å². The Balaban J connectivity index is 1.31. The quantitative estimate of drug-likeness (QED) is 0.536. The molecule has 1 N–H and O–H groups in total. The zero-order valence-corrected chi connectivity index (χ0v) is 18.3. The highest BCUT2D eigenvalue weighted by Gasteiger charge is 2.31. The molecule has 1 fully saturated rings. The molecule has 1 saturated heterocycles. The van der Waals surface area contributed by atoms with Gasteiger partial charge in [-0.25, -0.2) is 4.39 Å². The number of nitrogens with zero attached hydrogens (tertiary/aromatic N) is 4. The van der Waals surface area contributed by atoms with E-state index in [1.165, 1.54) is 30.3 Å². The van der Waals surface area contributed by atoms with Crippen molar-refractivity contribution in [2.75, 3.05) is 38.0 Å². The van der Waals surface area contributed by atoms with Crippen LogP contribution in [0.5, 0.6) is 0 Å². The van der Waals surface area contributed by atoms with Crippen LogP contribution in [0.15, 0.2) is 53.1 Å². The minimum absolute atomic E-state index is 0.0978. The monoisotopic (exact) mass is 477 g/mol. The van der Waals surface area contributed by atoms with Crippen LogP contribution in [0.4, 0.5) is 23.2 Å². The highest BCUT2D eigenvalue weighted by atomic mass is 19.4. The molecule has 1 aromatic heterocycles. The Morgan fingerprint density at radius 2 is 1.85 bits per heavy atom. The summed E-state index contributed by atoms with van der Waals surface area (Å²) in [7, 11) is 0. The molecule has 0 radical (unpaired) electrons. The summed E-state index contributed by atoms with van der Waals surface area (Å²) < 4.78 is 57.5. The van der Waals surface area contributed by atoms with Gasteiger partial charge in [-0.3, -0.25) is 14.6 Å².